The highest BCUT2D eigenvalue weighted by Crippen LogP contribution is 2.31. The normalized spacial score (nSPS) is 10.2. The van der Waals surface area contributed by atoms with E-state index in [-0.39, 0.29) is 28.8 Å². The van der Waals surface area contributed by atoms with E-state index < -0.39 is 10.8 Å². The summed E-state index contributed by atoms with van der Waals surface area (Å²) in [7, 11) is 0. The molecule has 2 aromatic carbocycles. The number of nitro groups is 1. The maximum atomic E-state index is 11.9. The minimum Gasteiger partial charge on any atom is -0.482 e. The monoisotopic (exact) mass is 354 g/mol. The second-order valence-electron chi connectivity index (χ2n) is 4.67. The van der Waals surface area contributed by atoms with Gasteiger partial charge in [0.1, 0.15) is 16.5 Å². The predicted octanol–water partition coefficient (Wildman–Crippen LogP) is 4.23. The molecule has 120 valence electrons. The molecule has 23 heavy (non-hydrogen) atoms. The van der Waals surface area contributed by atoms with Crippen LogP contribution in [0.5, 0.6) is 5.75 Å². The number of hydrogen-bond donors (Lipinski definition) is 1. The molecule has 0 unspecified atom stereocenters. The number of anilines is 1. The van der Waals surface area contributed by atoms with Gasteiger partial charge in [-0.1, -0.05) is 35.3 Å². The van der Waals surface area contributed by atoms with Crippen molar-refractivity contribution in [3.05, 3.63) is 62.1 Å². The minimum atomic E-state index is -0.558. The third-order valence-corrected chi connectivity index (χ3v) is 3.70. The Morgan fingerprint density at radius 2 is 2.04 bits per heavy atom. The molecule has 0 radical (unpaired) electrons. The molecule has 6 nitrogen and oxygen atoms in total. The Morgan fingerprint density at radius 3 is 2.74 bits per heavy atom. The summed E-state index contributed by atoms with van der Waals surface area (Å²) in [6, 6.07) is 9.30. The summed E-state index contributed by atoms with van der Waals surface area (Å²) < 4.78 is 5.28. The van der Waals surface area contributed by atoms with E-state index in [2.05, 4.69) is 5.32 Å². The van der Waals surface area contributed by atoms with Crippen LogP contribution in [0, 0.1) is 17.0 Å². The number of carbonyl (C=O) groups is 1. The maximum absolute atomic E-state index is 11.9. The lowest BCUT2D eigenvalue weighted by atomic mass is 10.2. The SMILES string of the molecule is Cc1ccc(NC(=O)COc2cccc(Cl)c2Cl)c([N+](=O)[O-])c1. The Morgan fingerprint density at radius 1 is 1.30 bits per heavy atom. The summed E-state index contributed by atoms with van der Waals surface area (Å²) >= 11 is 11.8. The first-order chi connectivity index (χ1) is 10.9. The topological polar surface area (TPSA) is 81.5 Å². The fraction of sp³-hybridized carbons (Fsp3) is 0.133. The van der Waals surface area contributed by atoms with Crippen molar-refractivity contribution in [2.45, 2.75) is 6.92 Å². The molecule has 0 heterocycles. The Hall–Kier alpha value is -2.31. The van der Waals surface area contributed by atoms with Gasteiger partial charge < -0.3 is 10.1 Å². The van der Waals surface area contributed by atoms with Crippen LogP contribution in [-0.2, 0) is 4.79 Å². The summed E-state index contributed by atoms with van der Waals surface area (Å²) in [5.74, 6) is -0.291. The van der Waals surface area contributed by atoms with Gasteiger partial charge in [-0.15, -0.1) is 0 Å². The molecule has 8 heteroatoms. The first-order valence-electron chi connectivity index (χ1n) is 6.50. The average Bonchev–Trinajstić information content (AvgIpc) is 2.50. The largest absolute Gasteiger partial charge is 0.482 e. The maximum Gasteiger partial charge on any atom is 0.293 e. The van der Waals surface area contributed by atoms with E-state index in [0.717, 1.165) is 5.56 Å². The molecule has 0 saturated heterocycles. The Kier molecular flexibility index (Phi) is 5.41. The first-order valence-corrected chi connectivity index (χ1v) is 7.26. The summed E-state index contributed by atoms with van der Waals surface area (Å²) in [6.07, 6.45) is 0. The number of amides is 1. The van der Waals surface area contributed by atoms with Crippen LogP contribution < -0.4 is 10.1 Å². The van der Waals surface area contributed by atoms with Gasteiger partial charge in [-0.05, 0) is 30.7 Å². The molecule has 2 aromatic rings. The third kappa shape index (κ3) is 4.34. The van der Waals surface area contributed by atoms with Crippen molar-refractivity contribution in [3.63, 3.8) is 0 Å². The number of halogens is 2. The van der Waals surface area contributed by atoms with E-state index in [9.17, 15) is 14.9 Å². The van der Waals surface area contributed by atoms with Crippen LogP contribution in [0.4, 0.5) is 11.4 Å². The molecular weight excluding hydrogens is 343 g/mol. The van der Waals surface area contributed by atoms with E-state index in [0.29, 0.717) is 5.02 Å². The standard InChI is InChI=1S/C15H12Cl2N2O4/c1-9-5-6-11(12(7-9)19(21)22)18-14(20)8-23-13-4-2-3-10(16)15(13)17/h2-7H,8H2,1H3,(H,18,20). The van der Waals surface area contributed by atoms with Crippen LogP contribution in [0.3, 0.4) is 0 Å². The van der Waals surface area contributed by atoms with Crippen molar-refractivity contribution in [1.29, 1.82) is 0 Å². The molecule has 0 atom stereocenters. The van der Waals surface area contributed by atoms with E-state index in [1.807, 2.05) is 0 Å². The van der Waals surface area contributed by atoms with Crippen LogP contribution in [-0.4, -0.2) is 17.4 Å². The molecule has 0 aliphatic carbocycles. The molecule has 1 N–H and O–H groups in total. The zero-order valence-corrected chi connectivity index (χ0v) is 13.5. The van der Waals surface area contributed by atoms with Crippen molar-refractivity contribution in [2.24, 2.45) is 0 Å². The van der Waals surface area contributed by atoms with Crippen LogP contribution in [0.15, 0.2) is 36.4 Å². The fourth-order valence-electron chi connectivity index (χ4n) is 1.82. The molecule has 0 spiro atoms. The number of aryl methyl sites for hydroxylation is 1. The van der Waals surface area contributed by atoms with Crippen molar-refractivity contribution >= 4 is 40.5 Å². The van der Waals surface area contributed by atoms with Gasteiger partial charge in [0.15, 0.2) is 6.61 Å². The molecule has 0 bridgehead atoms. The van der Waals surface area contributed by atoms with Crippen molar-refractivity contribution in [1.82, 2.24) is 0 Å². The molecule has 2 rings (SSSR count). The zero-order chi connectivity index (χ0) is 17.0. The predicted molar refractivity (Wildman–Crippen MR) is 88.4 cm³/mol. The zero-order valence-electron chi connectivity index (χ0n) is 12.0. The van der Waals surface area contributed by atoms with Gasteiger partial charge in [-0.3, -0.25) is 14.9 Å². The lowest BCUT2D eigenvalue weighted by Crippen LogP contribution is -2.20. The second kappa shape index (κ2) is 7.30. The van der Waals surface area contributed by atoms with E-state index in [4.69, 9.17) is 27.9 Å². The highest BCUT2D eigenvalue weighted by atomic mass is 35.5. The highest BCUT2D eigenvalue weighted by Gasteiger charge is 2.16. The van der Waals surface area contributed by atoms with Gasteiger partial charge >= 0.3 is 0 Å². The fourth-order valence-corrected chi connectivity index (χ4v) is 2.17. The van der Waals surface area contributed by atoms with E-state index in [1.54, 1.807) is 31.2 Å². The smallest absolute Gasteiger partial charge is 0.293 e. The molecule has 0 aromatic heterocycles. The molecule has 0 aliphatic heterocycles. The summed E-state index contributed by atoms with van der Waals surface area (Å²) in [5, 5.41) is 14.0. The lowest BCUT2D eigenvalue weighted by molar-refractivity contribution is -0.384. The number of ether oxygens (including phenoxy) is 1. The molecule has 1 amide bonds. The number of nitro benzene ring substituents is 1. The molecular formula is C15H12Cl2N2O4. The van der Waals surface area contributed by atoms with Gasteiger partial charge in [0.05, 0.1) is 9.95 Å². The number of hydrogen-bond acceptors (Lipinski definition) is 4. The Labute approximate surface area is 142 Å². The van der Waals surface area contributed by atoms with Gasteiger partial charge in [0.25, 0.3) is 11.6 Å². The summed E-state index contributed by atoms with van der Waals surface area (Å²) in [5.41, 5.74) is 0.641. The van der Waals surface area contributed by atoms with Crippen molar-refractivity contribution < 1.29 is 14.5 Å². The quantitative estimate of drug-likeness (QED) is 0.643. The van der Waals surface area contributed by atoms with Gasteiger partial charge in [0, 0.05) is 6.07 Å². The summed E-state index contributed by atoms with van der Waals surface area (Å²) in [4.78, 5) is 22.4. The van der Waals surface area contributed by atoms with Crippen LogP contribution in [0.25, 0.3) is 0 Å². The van der Waals surface area contributed by atoms with Crippen molar-refractivity contribution in [3.8, 4) is 5.75 Å². The lowest BCUT2D eigenvalue weighted by Gasteiger charge is -2.10. The molecule has 0 saturated carbocycles. The minimum absolute atomic E-state index is 0.103. The van der Waals surface area contributed by atoms with Crippen LogP contribution in [0.1, 0.15) is 5.56 Å². The molecule has 0 fully saturated rings. The molecule has 0 aliphatic rings. The average molecular weight is 355 g/mol. The first kappa shape index (κ1) is 17.1. The van der Waals surface area contributed by atoms with E-state index in [1.165, 1.54) is 12.1 Å². The second-order valence-corrected chi connectivity index (χ2v) is 5.45. The highest BCUT2D eigenvalue weighted by molar-refractivity contribution is 6.42. The van der Waals surface area contributed by atoms with Gasteiger partial charge in [-0.2, -0.15) is 0 Å². The van der Waals surface area contributed by atoms with Gasteiger partial charge in [-0.25, -0.2) is 0 Å². The van der Waals surface area contributed by atoms with E-state index >= 15 is 0 Å². The Balaban J connectivity index is 2.06. The number of nitrogens with zero attached hydrogens (tertiary/aromatic N) is 1. The third-order valence-electron chi connectivity index (χ3n) is 2.90. The number of benzene rings is 2. The number of nitrogens with one attached hydrogen (secondary N) is 1. The van der Waals surface area contributed by atoms with Crippen LogP contribution >= 0.6 is 23.2 Å². The van der Waals surface area contributed by atoms with Gasteiger partial charge in [0.2, 0.25) is 0 Å². The van der Waals surface area contributed by atoms with Crippen LogP contribution in [0.2, 0.25) is 10.0 Å². The number of carbonyl (C=O) groups excluding carboxylic acids is 1. The van der Waals surface area contributed by atoms with Crippen molar-refractivity contribution in [2.75, 3.05) is 11.9 Å². The Bertz CT molecular complexity index is 765. The number of rotatable bonds is 5. The summed E-state index contributed by atoms with van der Waals surface area (Å²) in [6.45, 7) is 1.37.